The maximum Gasteiger partial charge on any atom is 0.253 e. The monoisotopic (exact) mass is 340 g/mol. The van der Waals surface area contributed by atoms with Gasteiger partial charge >= 0.3 is 0 Å². The Morgan fingerprint density at radius 3 is 2.96 bits per heavy atom. The van der Waals surface area contributed by atoms with Crippen LogP contribution in [0.1, 0.15) is 40.5 Å². The highest BCUT2D eigenvalue weighted by molar-refractivity contribution is 6.30. The molecule has 122 valence electrons. The third-order valence-electron chi connectivity index (χ3n) is 4.55. The highest BCUT2D eigenvalue weighted by Crippen LogP contribution is 2.37. The molecule has 0 spiro atoms. The average molecular weight is 341 g/mol. The van der Waals surface area contributed by atoms with Crippen molar-refractivity contribution in [1.82, 2.24) is 20.3 Å². The zero-order valence-electron chi connectivity index (χ0n) is 13.2. The highest BCUT2D eigenvalue weighted by Gasteiger charge is 2.32. The lowest BCUT2D eigenvalue weighted by Crippen LogP contribution is -2.43. The number of hydrogen-bond donors (Lipinski definition) is 2. The fourth-order valence-electron chi connectivity index (χ4n) is 3.25. The van der Waals surface area contributed by atoms with E-state index in [1.54, 1.807) is 12.3 Å². The van der Waals surface area contributed by atoms with Gasteiger partial charge in [-0.3, -0.25) is 4.79 Å². The molecule has 0 saturated heterocycles. The lowest BCUT2D eigenvalue weighted by atomic mass is 9.76. The number of halogens is 1. The largest absolute Gasteiger partial charge is 0.349 e. The molecule has 1 amide bonds. The van der Waals surface area contributed by atoms with Crippen LogP contribution in [0.15, 0.2) is 36.5 Å². The lowest BCUT2D eigenvalue weighted by Gasteiger charge is -2.36. The van der Waals surface area contributed by atoms with Gasteiger partial charge in [-0.2, -0.15) is 0 Å². The van der Waals surface area contributed by atoms with Crippen molar-refractivity contribution in [1.29, 1.82) is 0 Å². The lowest BCUT2D eigenvalue weighted by molar-refractivity contribution is 0.0910. The molecule has 0 aliphatic heterocycles. The molecule has 2 N–H and O–H groups in total. The zero-order chi connectivity index (χ0) is 16.7. The summed E-state index contributed by atoms with van der Waals surface area (Å²) in [6.07, 6.45) is 3.48. The van der Waals surface area contributed by atoms with Crippen molar-refractivity contribution in [2.45, 2.75) is 31.7 Å². The van der Waals surface area contributed by atoms with E-state index >= 15 is 0 Å². The van der Waals surface area contributed by atoms with Gasteiger partial charge in [0.2, 0.25) is 0 Å². The van der Waals surface area contributed by atoms with Crippen LogP contribution in [-0.2, 0) is 0 Å². The van der Waals surface area contributed by atoms with Gasteiger partial charge in [0, 0.05) is 17.3 Å². The number of nitrogens with one attached hydrogen (secondary N) is 2. The predicted molar refractivity (Wildman–Crippen MR) is 93.3 cm³/mol. The van der Waals surface area contributed by atoms with E-state index in [0.717, 1.165) is 23.7 Å². The summed E-state index contributed by atoms with van der Waals surface area (Å²) in [5, 5.41) is 3.86. The van der Waals surface area contributed by atoms with Gasteiger partial charge in [0.25, 0.3) is 5.91 Å². The predicted octanol–water partition coefficient (Wildman–Crippen LogP) is 3.60. The Labute approximate surface area is 144 Å². The molecular formula is C18H17ClN4O. The molecule has 6 heteroatoms. The van der Waals surface area contributed by atoms with Crippen LogP contribution in [-0.4, -0.2) is 26.9 Å². The van der Waals surface area contributed by atoms with Gasteiger partial charge in [-0.15, -0.1) is 0 Å². The molecule has 1 saturated carbocycles. The first kappa shape index (κ1) is 15.1. The molecule has 24 heavy (non-hydrogen) atoms. The quantitative estimate of drug-likeness (QED) is 0.765. The molecular weight excluding hydrogens is 324 g/mol. The topological polar surface area (TPSA) is 70.7 Å². The van der Waals surface area contributed by atoms with Crippen LogP contribution in [0.5, 0.6) is 0 Å². The number of benzene rings is 1. The van der Waals surface area contributed by atoms with Crippen LogP contribution in [0.3, 0.4) is 0 Å². The number of imidazole rings is 1. The van der Waals surface area contributed by atoms with Crippen molar-refractivity contribution in [2.75, 3.05) is 0 Å². The van der Waals surface area contributed by atoms with Crippen LogP contribution in [0.25, 0.3) is 11.2 Å². The summed E-state index contributed by atoms with van der Waals surface area (Å²) < 4.78 is 0. The van der Waals surface area contributed by atoms with Crippen molar-refractivity contribution in [3.63, 3.8) is 0 Å². The average Bonchev–Trinajstić information content (AvgIpc) is 2.90. The number of fused-ring (bicyclic) bond motifs is 1. The summed E-state index contributed by atoms with van der Waals surface area (Å²) in [5.41, 5.74) is 3.10. The minimum Gasteiger partial charge on any atom is -0.349 e. The van der Waals surface area contributed by atoms with Gasteiger partial charge in [0.1, 0.15) is 5.82 Å². The molecule has 0 unspecified atom stereocenters. The number of carbonyl (C=O) groups excluding carboxylic acids is 1. The summed E-state index contributed by atoms with van der Waals surface area (Å²) in [5.74, 6) is 1.13. The summed E-state index contributed by atoms with van der Waals surface area (Å²) in [6, 6.07) is 9.86. The maximum absolute atomic E-state index is 12.6. The van der Waals surface area contributed by atoms with E-state index in [1.165, 1.54) is 5.56 Å². The molecule has 1 aromatic carbocycles. The number of hydrogen-bond acceptors (Lipinski definition) is 3. The Bertz CT molecular complexity index is 914. The van der Waals surface area contributed by atoms with E-state index in [2.05, 4.69) is 26.3 Å². The zero-order valence-corrected chi connectivity index (χ0v) is 14.0. The van der Waals surface area contributed by atoms with Gasteiger partial charge < -0.3 is 10.3 Å². The Balaban J connectivity index is 1.44. The Hall–Kier alpha value is -2.40. The molecule has 0 radical (unpaired) electrons. The van der Waals surface area contributed by atoms with Crippen molar-refractivity contribution < 1.29 is 4.79 Å². The third kappa shape index (κ3) is 2.76. The second kappa shape index (κ2) is 5.91. The van der Waals surface area contributed by atoms with E-state index in [9.17, 15) is 4.79 Å². The molecule has 3 aromatic rings. The number of rotatable bonds is 3. The fraction of sp³-hybridized carbons (Fsp3) is 0.278. The molecule has 5 nitrogen and oxygen atoms in total. The first-order chi connectivity index (χ1) is 11.6. The first-order valence-corrected chi connectivity index (χ1v) is 8.35. The number of aryl methyl sites for hydroxylation is 1. The molecule has 1 aliphatic carbocycles. The summed E-state index contributed by atoms with van der Waals surface area (Å²) >= 11 is 6.04. The summed E-state index contributed by atoms with van der Waals surface area (Å²) in [4.78, 5) is 24.1. The number of aromatic amines is 1. The Kier molecular flexibility index (Phi) is 3.73. The van der Waals surface area contributed by atoms with Gasteiger partial charge in [-0.05, 0) is 49.4 Å². The number of carbonyl (C=O) groups is 1. The van der Waals surface area contributed by atoms with Crippen LogP contribution in [0, 0.1) is 6.92 Å². The summed E-state index contributed by atoms with van der Waals surface area (Å²) in [7, 11) is 0. The van der Waals surface area contributed by atoms with Crippen LogP contribution in [0.4, 0.5) is 0 Å². The fourth-order valence-corrected chi connectivity index (χ4v) is 3.45. The van der Waals surface area contributed by atoms with Crippen LogP contribution >= 0.6 is 11.6 Å². The number of nitrogens with zero attached hydrogens (tertiary/aromatic N) is 2. The number of amides is 1. The number of aromatic nitrogens is 3. The Morgan fingerprint density at radius 2 is 2.17 bits per heavy atom. The molecule has 0 bridgehead atoms. The SMILES string of the molecule is Cc1nc2nccc(C(=O)NC3CC(c4cccc(Cl)c4)C3)c2[nH]1. The number of pyridine rings is 1. The maximum atomic E-state index is 12.6. The second-order valence-electron chi connectivity index (χ2n) is 6.27. The van der Waals surface area contributed by atoms with Gasteiger partial charge in [0.05, 0.1) is 11.1 Å². The van der Waals surface area contributed by atoms with Gasteiger partial charge in [-0.25, -0.2) is 9.97 Å². The van der Waals surface area contributed by atoms with Crippen LogP contribution in [0.2, 0.25) is 5.02 Å². The highest BCUT2D eigenvalue weighted by atomic mass is 35.5. The van der Waals surface area contributed by atoms with Gasteiger partial charge in [-0.1, -0.05) is 23.7 Å². The minimum atomic E-state index is -0.0828. The van der Waals surface area contributed by atoms with E-state index in [1.807, 2.05) is 25.1 Å². The van der Waals surface area contributed by atoms with E-state index in [0.29, 0.717) is 22.6 Å². The van der Waals surface area contributed by atoms with Crippen LogP contribution < -0.4 is 5.32 Å². The first-order valence-electron chi connectivity index (χ1n) is 7.98. The minimum absolute atomic E-state index is 0.0828. The molecule has 0 atom stereocenters. The Morgan fingerprint density at radius 1 is 1.33 bits per heavy atom. The molecule has 2 heterocycles. The van der Waals surface area contributed by atoms with Gasteiger partial charge in [0.15, 0.2) is 5.65 Å². The standard InChI is InChI=1S/C18H17ClN4O/c1-10-21-16-15(5-6-20-17(16)22-10)18(24)23-14-8-12(9-14)11-3-2-4-13(19)7-11/h2-7,12,14H,8-9H2,1H3,(H,23,24)(H,20,21,22). The summed E-state index contributed by atoms with van der Waals surface area (Å²) in [6.45, 7) is 1.85. The van der Waals surface area contributed by atoms with E-state index in [4.69, 9.17) is 11.6 Å². The molecule has 1 aliphatic rings. The van der Waals surface area contributed by atoms with E-state index in [-0.39, 0.29) is 11.9 Å². The smallest absolute Gasteiger partial charge is 0.253 e. The van der Waals surface area contributed by atoms with E-state index < -0.39 is 0 Å². The normalized spacial score (nSPS) is 19.9. The molecule has 2 aromatic heterocycles. The van der Waals surface area contributed by atoms with Crippen molar-refractivity contribution in [2.24, 2.45) is 0 Å². The number of H-pyrrole nitrogens is 1. The second-order valence-corrected chi connectivity index (χ2v) is 6.71. The molecule has 1 fully saturated rings. The third-order valence-corrected chi connectivity index (χ3v) is 4.78. The van der Waals surface area contributed by atoms with Crippen molar-refractivity contribution in [3.05, 3.63) is 58.5 Å². The molecule has 4 rings (SSSR count). The van der Waals surface area contributed by atoms with Crippen molar-refractivity contribution in [3.8, 4) is 0 Å². The van der Waals surface area contributed by atoms with Crippen molar-refractivity contribution >= 4 is 28.7 Å².